The summed E-state index contributed by atoms with van der Waals surface area (Å²) in [6, 6.07) is 3.32. The van der Waals surface area contributed by atoms with E-state index in [4.69, 9.17) is 4.74 Å². The summed E-state index contributed by atoms with van der Waals surface area (Å²) in [5, 5.41) is 0. The van der Waals surface area contributed by atoms with Gasteiger partial charge in [0.05, 0.1) is 17.2 Å². The maximum absolute atomic E-state index is 12.9. The van der Waals surface area contributed by atoms with Crippen molar-refractivity contribution >= 4 is 5.91 Å². The molecule has 0 unspecified atom stereocenters. The number of rotatable bonds is 3. The number of halogens is 3. The SMILES string of the molecule is CN(C)C(=O)c1cc(OC2CC2)ccc1C(F)(F)F. The van der Waals surface area contributed by atoms with Gasteiger partial charge in [0.25, 0.3) is 5.91 Å². The third kappa shape index (κ3) is 3.19. The van der Waals surface area contributed by atoms with Crippen molar-refractivity contribution < 1.29 is 22.7 Å². The van der Waals surface area contributed by atoms with Gasteiger partial charge < -0.3 is 9.64 Å². The molecule has 1 aliphatic rings. The Morgan fingerprint density at radius 2 is 1.95 bits per heavy atom. The first-order valence-corrected chi connectivity index (χ1v) is 5.88. The summed E-state index contributed by atoms with van der Waals surface area (Å²) in [4.78, 5) is 13.0. The molecule has 0 heterocycles. The van der Waals surface area contributed by atoms with Crippen molar-refractivity contribution in [2.45, 2.75) is 25.1 Å². The Morgan fingerprint density at radius 1 is 1.32 bits per heavy atom. The van der Waals surface area contributed by atoms with Crippen LogP contribution < -0.4 is 4.74 Å². The molecule has 1 aromatic carbocycles. The van der Waals surface area contributed by atoms with Crippen molar-refractivity contribution in [2.24, 2.45) is 0 Å². The number of carbonyl (C=O) groups excluding carboxylic acids is 1. The van der Waals surface area contributed by atoms with Gasteiger partial charge in [-0.3, -0.25) is 4.79 Å². The highest BCUT2D eigenvalue weighted by Crippen LogP contribution is 2.35. The van der Waals surface area contributed by atoms with Crippen LogP contribution in [-0.2, 0) is 6.18 Å². The van der Waals surface area contributed by atoms with E-state index in [2.05, 4.69) is 0 Å². The van der Waals surface area contributed by atoms with E-state index in [0.29, 0.717) is 5.75 Å². The Bertz CT molecular complexity index is 493. The quantitative estimate of drug-likeness (QED) is 0.847. The molecular formula is C13H14F3NO2. The van der Waals surface area contributed by atoms with Gasteiger partial charge >= 0.3 is 6.18 Å². The largest absolute Gasteiger partial charge is 0.490 e. The van der Waals surface area contributed by atoms with Crippen LogP contribution in [0.15, 0.2) is 18.2 Å². The van der Waals surface area contributed by atoms with Crippen molar-refractivity contribution in [2.75, 3.05) is 14.1 Å². The Balaban J connectivity index is 2.40. The van der Waals surface area contributed by atoms with Gasteiger partial charge in [-0.05, 0) is 31.0 Å². The molecule has 1 aromatic rings. The van der Waals surface area contributed by atoms with Gasteiger partial charge in [0.2, 0.25) is 0 Å². The second-order valence-corrected chi connectivity index (χ2v) is 4.72. The first-order chi connectivity index (χ1) is 8.79. The van der Waals surface area contributed by atoms with Crippen LogP contribution in [0.4, 0.5) is 13.2 Å². The zero-order chi connectivity index (χ0) is 14.2. The van der Waals surface area contributed by atoms with E-state index in [1.165, 1.54) is 26.2 Å². The van der Waals surface area contributed by atoms with E-state index in [1.807, 2.05) is 0 Å². The summed E-state index contributed by atoms with van der Waals surface area (Å²) >= 11 is 0. The fourth-order valence-corrected chi connectivity index (χ4v) is 1.64. The Morgan fingerprint density at radius 3 is 2.42 bits per heavy atom. The molecule has 1 amide bonds. The van der Waals surface area contributed by atoms with Gasteiger partial charge in [-0.2, -0.15) is 13.2 Å². The van der Waals surface area contributed by atoms with Crippen molar-refractivity contribution in [1.82, 2.24) is 4.90 Å². The van der Waals surface area contributed by atoms with Crippen molar-refractivity contribution in [3.05, 3.63) is 29.3 Å². The van der Waals surface area contributed by atoms with Gasteiger partial charge in [-0.1, -0.05) is 0 Å². The fourth-order valence-electron chi connectivity index (χ4n) is 1.64. The molecule has 0 N–H and O–H groups in total. The average molecular weight is 273 g/mol. The van der Waals surface area contributed by atoms with E-state index in [1.54, 1.807) is 0 Å². The standard InChI is InChI=1S/C13H14F3NO2/c1-17(2)12(18)10-7-9(19-8-3-4-8)5-6-11(10)13(14,15)16/h5-8H,3-4H2,1-2H3. The molecular weight excluding hydrogens is 259 g/mol. The van der Waals surface area contributed by atoms with Gasteiger partial charge in [0.15, 0.2) is 0 Å². The van der Waals surface area contributed by atoms with Crippen LogP contribution in [0.3, 0.4) is 0 Å². The molecule has 1 aliphatic carbocycles. The molecule has 2 rings (SSSR count). The molecule has 0 aromatic heterocycles. The van der Waals surface area contributed by atoms with Crippen LogP contribution in [0.2, 0.25) is 0 Å². The molecule has 19 heavy (non-hydrogen) atoms. The lowest BCUT2D eigenvalue weighted by molar-refractivity contribution is -0.138. The minimum Gasteiger partial charge on any atom is -0.490 e. The van der Waals surface area contributed by atoms with Gasteiger partial charge in [-0.15, -0.1) is 0 Å². The molecule has 0 aliphatic heterocycles. The second kappa shape index (κ2) is 4.75. The second-order valence-electron chi connectivity index (χ2n) is 4.72. The van der Waals surface area contributed by atoms with Crippen LogP contribution in [0.25, 0.3) is 0 Å². The van der Waals surface area contributed by atoms with Crippen LogP contribution in [-0.4, -0.2) is 31.0 Å². The van der Waals surface area contributed by atoms with Crippen molar-refractivity contribution in [3.8, 4) is 5.75 Å². The minimum absolute atomic E-state index is 0.0686. The number of alkyl halides is 3. The normalized spacial score (nSPS) is 15.2. The molecule has 0 spiro atoms. The van der Waals surface area contributed by atoms with Crippen molar-refractivity contribution in [3.63, 3.8) is 0 Å². The monoisotopic (exact) mass is 273 g/mol. The lowest BCUT2D eigenvalue weighted by atomic mass is 10.1. The van der Waals surface area contributed by atoms with Crippen LogP contribution in [0, 0.1) is 0 Å². The summed E-state index contributed by atoms with van der Waals surface area (Å²) in [6.45, 7) is 0. The lowest BCUT2D eigenvalue weighted by Crippen LogP contribution is -2.25. The Labute approximate surface area is 109 Å². The van der Waals surface area contributed by atoms with Crippen LogP contribution >= 0.6 is 0 Å². The third-order valence-electron chi connectivity index (χ3n) is 2.76. The van der Waals surface area contributed by atoms with Crippen LogP contribution in [0.5, 0.6) is 5.75 Å². The van der Waals surface area contributed by atoms with E-state index in [9.17, 15) is 18.0 Å². The highest BCUT2D eigenvalue weighted by atomic mass is 19.4. The molecule has 1 saturated carbocycles. The topological polar surface area (TPSA) is 29.5 Å². The lowest BCUT2D eigenvalue weighted by Gasteiger charge is -2.17. The van der Waals surface area contributed by atoms with Gasteiger partial charge in [-0.25, -0.2) is 0 Å². The zero-order valence-corrected chi connectivity index (χ0v) is 10.6. The summed E-state index contributed by atoms with van der Waals surface area (Å²) < 4.78 is 44.0. The Hall–Kier alpha value is -1.72. The molecule has 0 radical (unpaired) electrons. The molecule has 6 heteroatoms. The van der Waals surface area contributed by atoms with Crippen molar-refractivity contribution in [1.29, 1.82) is 0 Å². The summed E-state index contributed by atoms with van der Waals surface area (Å²) in [5.74, 6) is -0.380. The summed E-state index contributed by atoms with van der Waals surface area (Å²) in [5.41, 5.74) is -1.31. The van der Waals surface area contributed by atoms with E-state index in [0.717, 1.165) is 23.8 Å². The van der Waals surface area contributed by atoms with Crippen LogP contribution in [0.1, 0.15) is 28.8 Å². The minimum atomic E-state index is -4.56. The first-order valence-electron chi connectivity index (χ1n) is 5.88. The molecule has 0 bridgehead atoms. The highest BCUT2D eigenvalue weighted by Gasteiger charge is 2.36. The van der Waals surface area contributed by atoms with E-state index < -0.39 is 17.6 Å². The molecule has 0 saturated heterocycles. The molecule has 3 nitrogen and oxygen atoms in total. The number of ether oxygens (including phenoxy) is 1. The zero-order valence-electron chi connectivity index (χ0n) is 10.6. The molecule has 0 atom stereocenters. The number of benzene rings is 1. The fraction of sp³-hybridized carbons (Fsp3) is 0.462. The number of hydrogen-bond acceptors (Lipinski definition) is 2. The molecule has 1 fully saturated rings. The maximum atomic E-state index is 12.9. The third-order valence-corrected chi connectivity index (χ3v) is 2.76. The number of nitrogens with zero attached hydrogens (tertiary/aromatic N) is 1. The summed E-state index contributed by atoms with van der Waals surface area (Å²) in [7, 11) is 2.83. The smallest absolute Gasteiger partial charge is 0.417 e. The van der Waals surface area contributed by atoms with Gasteiger partial charge in [0, 0.05) is 14.1 Å². The number of carbonyl (C=O) groups is 1. The van der Waals surface area contributed by atoms with E-state index >= 15 is 0 Å². The average Bonchev–Trinajstić information content (AvgIpc) is 3.10. The maximum Gasteiger partial charge on any atom is 0.417 e. The number of amides is 1. The molecule has 104 valence electrons. The Kier molecular flexibility index (Phi) is 3.43. The van der Waals surface area contributed by atoms with Gasteiger partial charge in [0.1, 0.15) is 5.75 Å². The summed E-state index contributed by atoms with van der Waals surface area (Å²) in [6.07, 6.45) is -2.69. The first kappa shape index (κ1) is 13.7. The predicted molar refractivity (Wildman–Crippen MR) is 63.1 cm³/mol. The van der Waals surface area contributed by atoms with E-state index in [-0.39, 0.29) is 11.7 Å². The predicted octanol–water partition coefficient (Wildman–Crippen LogP) is 2.95. The number of hydrogen-bond donors (Lipinski definition) is 0. The highest BCUT2D eigenvalue weighted by molar-refractivity contribution is 5.96.